The Bertz CT molecular complexity index is 2000. The van der Waals surface area contributed by atoms with Crippen molar-refractivity contribution in [1.29, 1.82) is 0 Å². The minimum atomic E-state index is -4.67. The van der Waals surface area contributed by atoms with E-state index in [2.05, 4.69) is 14.8 Å². The second-order valence-corrected chi connectivity index (χ2v) is 19.2. The number of fused-ring (bicyclic) bond motifs is 2. The van der Waals surface area contributed by atoms with Crippen molar-refractivity contribution >= 4 is 70.8 Å². The summed E-state index contributed by atoms with van der Waals surface area (Å²) in [6, 6.07) is 9.09. The maximum atomic E-state index is 12.4. The van der Waals surface area contributed by atoms with E-state index in [0.29, 0.717) is 44.0 Å². The van der Waals surface area contributed by atoms with Crippen molar-refractivity contribution in [2.45, 2.75) is 87.3 Å². The van der Waals surface area contributed by atoms with Crippen LogP contribution in [0.1, 0.15) is 77.8 Å². The number of carbonyl (C=O) groups is 2. The smallest absolute Gasteiger partial charge is 0.304 e. The molecule has 0 fully saturated rings. The number of amides is 1. The monoisotopic (exact) mass is 793 g/mol. The van der Waals surface area contributed by atoms with E-state index in [1.165, 1.54) is 45.9 Å². The second-order valence-electron chi connectivity index (χ2n) is 13.7. The summed E-state index contributed by atoms with van der Waals surface area (Å²) in [6.45, 7) is 11.7. The number of carboxylic acids is 1. The number of allylic oxidation sites excluding steroid dienone is 4. The Morgan fingerprint density at radius 3 is 2.25 bits per heavy atom. The third-order valence-electron chi connectivity index (χ3n) is 9.41. The van der Waals surface area contributed by atoms with Gasteiger partial charge in [-0.15, -0.1) is 0 Å². The summed E-state index contributed by atoms with van der Waals surface area (Å²) < 4.78 is 71.5. The summed E-state index contributed by atoms with van der Waals surface area (Å²) >= 11 is 0. The number of hydrogen-bond acceptors (Lipinski definition) is 10. The topological polar surface area (TPSA) is 184 Å². The molecule has 0 aliphatic carbocycles. The molecule has 16 heteroatoms. The van der Waals surface area contributed by atoms with Crippen LogP contribution in [-0.4, -0.2) is 84.4 Å². The van der Waals surface area contributed by atoms with E-state index in [4.69, 9.17) is 5.11 Å². The van der Waals surface area contributed by atoms with Gasteiger partial charge >= 0.3 is 5.97 Å². The van der Waals surface area contributed by atoms with Gasteiger partial charge in [0.25, 0.3) is 10.1 Å². The molecule has 1 amide bonds. The number of anilines is 1. The number of carbonyl (C=O) groups excluding carboxylic acids is 1. The van der Waals surface area contributed by atoms with Gasteiger partial charge in [-0.1, -0.05) is 41.5 Å². The van der Waals surface area contributed by atoms with Crippen molar-refractivity contribution < 1.29 is 45.2 Å². The van der Waals surface area contributed by atoms with Gasteiger partial charge in [-0.25, -0.2) is 8.42 Å². The van der Waals surface area contributed by atoms with Crippen molar-refractivity contribution in [2.75, 3.05) is 36.0 Å². The molecule has 0 unspecified atom stereocenters. The third kappa shape index (κ3) is 9.68. The summed E-state index contributed by atoms with van der Waals surface area (Å²) in [5.74, 6) is 0.345. The minimum Gasteiger partial charge on any atom is -0.744 e. The minimum absolute atomic E-state index is 0.0364. The zero-order valence-electron chi connectivity index (χ0n) is 30.0. The van der Waals surface area contributed by atoms with Crippen LogP contribution in [0.15, 0.2) is 70.1 Å². The summed E-state index contributed by atoms with van der Waals surface area (Å²) in [7, 11) is -6.05. The average molecular weight is 794 g/mol. The molecule has 2 aliphatic rings. The van der Waals surface area contributed by atoms with Crippen LogP contribution in [-0.2, 0) is 40.7 Å². The number of hydrogen-bond donors (Lipinski definition) is 3. The molecule has 0 aromatic heterocycles. The molecule has 4 rings (SSSR count). The normalized spacial score (nSPS) is 17.2. The highest BCUT2D eigenvalue weighted by atomic mass is 33.1. The highest BCUT2D eigenvalue weighted by molar-refractivity contribution is 8.76. The molecule has 12 nitrogen and oxygen atoms in total. The predicted molar refractivity (Wildman–Crippen MR) is 205 cm³/mol. The lowest BCUT2D eigenvalue weighted by atomic mass is 9.81. The summed E-state index contributed by atoms with van der Waals surface area (Å²) in [5.41, 5.74) is 3.76. The molecule has 2 heterocycles. The number of nitrogens with zero attached hydrogens (tertiary/aromatic N) is 2. The van der Waals surface area contributed by atoms with Gasteiger partial charge in [0.1, 0.15) is 16.7 Å². The first kappa shape index (κ1) is 41.6. The van der Waals surface area contributed by atoms with Gasteiger partial charge in [-0.2, -0.15) is 13.0 Å². The summed E-state index contributed by atoms with van der Waals surface area (Å²) in [5, 5.41) is 11.6. The molecule has 2 aromatic carbocycles. The maximum absolute atomic E-state index is 12.4. The van der Waals surface area contributed by atoms with Crippen molar-refractivity contribution in [3.05, 3.63) is 71.5 Å². The van der Waals surface area contributed by atoms with E-state index in [0.717, 1.165) is 46.8 Å². The van der Waals surface area contributed by atoms with Crippen molar-refractivity contribution in [3.63, 3.8) is 0 Å². The van der Waals surface area contributed by atoms with Gasteiger partial charge in [-0.3, -0.25) is 14.1 Å². The number of benzene rings is 2. The maximum Gasteiger partial charge on any atom is 0.304 e. The first-order valence-electron chi connectivity index (χ1n) is 17.1. The predicted octanol–water partition coefficient (Wildman–Crippen LogP) is 6.00. The lowest BCUT2D eigenvalue weighted by Crippen LogP contribution is -2.28. The number of nitrogens with one attached hydrogen (secondary N) is 1. The molecule has 284 valence electrons. The van der Waals surface area contributed by atoms with Crippen LogP contribution in [0, 0.1) is 0 Å². The SMILES string of the molecule is CCN1/C(=C/C=C/C2=[N+](CCCCCC(=O)NCCSSCCC(=O)O)c3ccc(S(=O)(=O)[O-])cc3C2(C)C)C(C)(C)c2cc(S(=O)(=O)O)ccc21. The molecule has 0 saturated heterocycles. The van der Waals surface area contributed by atoms with E-state index < -0.39 is 37.0 Å². The van der Waals surface area contributed by atoms with E-state index >= 15 is 0 Å². The molecular formula is C36H47N3O9S4. The molecule has 0 atom stereocenters. The van der Waals surface area contributed by atoms with Gasteiger partial charge in [0.2, 0.25) is 11.6 Å². The number of rotatable bonds is 18. The van der Waals surface area contributed by atoms with Crippen molar-refractivity contribution in [2.24, 2.45) is 0 Å². The first-order chi connectivity index (χ1) is 24.3. The number of likely N-dealkylation sites (N-methyl/N-ethyl adjacent to an activating group) is 1. The van der Waals surface area contributed by atoms with Crippen LogP contribution in [0.5, 0.6) is 0 Å². The molecular weight excluding hydrogens is 747 g/mol. The third-order valence-corrected chi connectivity index (χ3v) is 13.5. The van der Waals surface area contributed by atoms with Crippen LogP contribution >= 0.6 is 21.6 Å². The van der Waals surface area contributed by atoms with Gasteiger partial charge in [-0.05, 0) is 75.6 Å². The Balaban J connectivity index is 1.51. The quantitative estimate of drug-likeness (QED) is 0.0693. The summed E-state index contributed by atoms with van der Waals surface area (Å²) in [6.07, 6.45) is 8.60. The van der Waals surface area contributed by atoms with Crippen LogP contribution in [0.2, 0.25) is 0 Å². The van der Waals surface area contributed by atoms with Crippen LogP contribution in [0.3, 0.4) is 0 Å². The van der Waals surface area contributed by atoms with Crippen molar-refractivity contribution in [1.82, 2.24) is 5.32 Å². The zero-order chi connectivity index (χ0) is 38.5. The van der Waals surface area contributed by atoms with E-state index in [1.807, 2.05) is 52.8 Å². The van der Waals surface area contributed by atoms with E-state index in [1.54, 1.807) is 12.1 Å². The van der Waals surface area contributed by atoms with Crippen molar-refractivity contribution in [3.8, 4) is 0 Å². The highest BCUT2D eigenvalue weighted by Gasteiger charge is 2.45. The molecule has 52 heavy (non-hydrogen) atoms. The van der Waals surface area contributed by atoms with Crippen LogP contribution < -0.4 is 10.2 Å². The lowest BCUT2D eigenvalue weighted by Gasteiger charge is -2.25. The van der Waals surface area contributed by atoms with Crippen LogP contribution in [0.4, 0.5) is 11.4 Å². The highest BCUT2D eigenvalue weighted by Crippen LogP contribution is 2.48. The standard InChI is InChI=1S/C36H47N3O9S4/c1-6-38-29-16-14-25(51(43,44)45)23-27(29)35(2,3)31(38)11-10-12-32-36(4,5)28-24-26(52(46,47)48)15-17-30(28)39(32)20-9-7-8-13-33(40)37-19-22-50-49-21-18-34(41)42/h10-12,14-17,23-24H,6-9,13,18-22H2,1-5H3,(H3-,37,40,41,42,43,44,45,46,47,48). The van der Waals surface area contributed by atoms with Crippen LogP contribution in [0.25, 0.3) is 0 Å². The van der Waals surface area contributed by atoms with Gasteiger partial charge in [0, 0.05) is 71.9 Å². The zero-order valence-corrected chi connectivity index (χ0v) is 33.3. The van der Waals surface area contributed by atoms with E-state index in [-0.39, 0.29) is 22.1 Å². The largest absolute Gasteiger partial charge is 0.744 e. The Hall–Kier alpha value is -3.15. The fourth-order valence-electron chi connectivity index (χ4n) is 6.74. The first-order valence-corrected chi connectivity index (χ1v) is 22.4. The Labute approximate surface area is 314 Å². The second kappa shape index (κ2) is 16.9. The Morgan fingerprint density at radius 2 is 1.60 bits per heavy atom. The number of carboxylic acid groups (broad SMARTS) is 1. The average Bonchev–Trinajstić information content (AvgIpc) is 3.40. The lowest BCUT2D eigenvalue weighted by molar-refractivity contribution is -0.438. The Kier molecular flexibility index (Phi) is 13.5. The van der Waals surface area contributed by atoms with Gasteiger partial charge in [0.05, 0.1) is 21.6 Å². The Morgan fingerprint density at radius 1 is 0.923 bits per heavy atom. The molecule has 0 saturated carbocycles. The molecule has 3 N–H and O–H groups in total. The molecule has 0 spiro atoms. The van der Waals surface area contributed by atoms with E-state index in [9.17, 15) is 35.5 Å². The summed E-state index contributed by atoms with van der Waals surface area (Å²) in [4.78, 5) is 24.6. The molecule has 0 radical (unpaired) electrons. The molecule has 2 aliphatic heterocycles. The molecule has 0 bridgehead atoms. The number of aliphatic carboxylic acids is 1. The number of unbranched alkanes of at least 4 members (excludes halogenated alkanes) is 2. The fraction of sp³-hybridized carbons (Fsp3) is 0.472. The van der Waals surface area contributed by atoms with Gasteiger partial charge < -0.3 is 19.9 Å². The van der Waals surface area contributed by atoms with Gasteiger partial charge in [0.15, 0.2) is 5.71 Å². The molecule has 2 aromatic rings. The fourth-order valence-corrected chi connectivity index (χ4v) is 9.63.